The number of rotatable bonds is 5. The average molecular weight is 326 g/mol. The van der Waals surface area contributed by atoms with Crippen LogP contribution in [0.5, 0.6) is 11.5 Å². The maximum Gasteiger partial charge on any atom is 0.349 e. The Morgan fingerprint density at radius 1 is 0.958 bits per heavy atom. The Morgan fingerprint density at radius 3 is 2.42 bits per heavy atom. The summed E-state index contributed by atoms with van der Waals surface area (Å²) < 4.78 is 15.3. The second kappa shape index (κ2) is 7.17. The van der Waals surface area contributed by atoms with Crippen molar-refractivity contribution >= 4 is 11.9 Å². The molecule has 5 nitrogen and oxygen atoms in total. The van der Waals surface area contributed by atoms with Crippen LogP contribution in [-0.2, 0) is 22.4 Å². The number of methoxy groups -OCH3 is 1. The van der Waals surface area contributed by atoms with Gasteiger partial charge in [-0.25, -0.2) is 9.59 Å². The Bertz CT molecular complexity index is 749. The molecule has 124 valence electrons. The van der Waals surface area contributed by atoms with Gasteiger partial charge in [0.25, 0.3) is 0 Å². The molecule has 0 unspecified atom stereocenters. The van der Waals surface area contributed by atoms with Crippen LogP contribution in [0.1, 0.15) is 27.9 Å². The summed E-state index contributed by atoms with van der Waals surface area (Å²) in [5, 5.41) is 0. The Labute approximate surface area is 140 Å². The van der Waals surface area contributed by atoms with Gasteiger partial charge in [0.2, 0.25) is 0 Å². The highest BCUT2D eigenvalue weighted by Gasteiger charge is 2.13. The predicted octanol–water partition coefficient (Wildman–Crippen LogP) is 2.95. The number of esters is 2. The summed E-state index contributed by atoms with van der Waals surface area (Å²) in [5.74, 6) is 0.0907. The van der Waals surface area contributed by atoms with Crippen LogP contribution in [0.25, 0.3) is 0 Å². The van der Waals surface area contributed by atoms with E-state index in [9.17, 15) is 9.59 Å². The van der Waals surface area contributed by atoms with Crippen LogP contribution in [0.4, 0.5) is 0 Å². The summed E-state index contributed by atoms with van der Waals surface area (Å²) in [4.78, 5) is 23.2. The molecule has 0 radical (unpaired) electrons. The molecular weight excluding hydrogens is 308 g/mol. The van der Waals surface area contributed by atoms with Crippen molar-refractivity contribution in [2.75, 3.05) is 13.7 Å². The summed E-state index contributed by atoms with van der Waals surface area (Å²) in [6, 6.07) is 12.1. The molecule has 0 spiro atoms. The molecule has 2 aromatic carbocycles. The molecule has 5 heteroatoms. The van der Waals surface area contributed by atoms with Gasteiger partial charge in [0.05, 0.1) is 12.7 Å². The monoisotopic (exact) mass is 326 g/mol. The van der Waals surface area contributed by atoms with E-state index in [0.717, 1.165) is 12.8 Å². The van der Waals surface area contributed by atoms with Gasteiger partial charge in [-0.1, -0.05) is 6.07 Å². The van der Waals surface area contributed by atoms with Gasteiger partial charge in [0.1, 0.15) is 11.5 Å². The highest BCUT2D eigenvalue weighted by atomic mass is 16.6. The van der Waals surface area contributed by atoms with E-state index < -0.39 is 11.9 Å². The van der Waals surface area contributed by atoms with Crippen molar-refractivity contribution in [1.82, 2.24) is 0 Å². The first-order chi connectivity index (χ1) is 11.7. The molecule has 1 aliphatic rings. The summed E-state index contributed by atoms with van der Waals surface area (Å²) in [6.45, 7) is -0.169. The third-order valence-electron chi connectivity index (χ3n) is 3.93. The smallest absolute Gasteiger partial charge is 0.349 e. The highest BCUT2D eigenvalue weighted by Crippen LogP contribution is 2.26. The predicted molar refractivity (Wildman–Crippen MR) is 87.4 cm³/mol. The lowest BCUT2D eigenvalue weighted by molar-refractivity contribution is -0.136. The van der Waals surface area contributed by atoms with Gasteiger partial charge in [-0.15, -0.1) is 0 Å². The molecule has 0 heterocycles. The second-order valence-corrected chi connectivity index (χ2v) is 5.56. The van der Waals surface area contributed by atoms with E-state index in [1.54, 1.807) is 12.1 Å². The van der Waals surface area contributed by atoms with Gasteiger partial charge in [-0.3, -0.25) is 0 Å². The van der Waals surface area contributed by atoms with Crippen LogP contribution in [-0.4, -0.2) is 25.7 Å². The molecular formula is C19H18O5. The van der Waals surface area contributed by atoms with E-state index in [1.165, 1.54) is 36.8 Å². The molecule has 0 aliphatic heterocycles. The molecule has 0 bridgehead atoms. The first kappa shape index (κ1) is 16.1. The highest BCUT2D eigenvalue weighted by molar-refractivity contribution is 5.89. The Kier molecular flexibility index (Phi) is 4.79. The van der Waals surface area contributed by atoms with Crippen LogP contribution >= 0.6 is 0 Å². The molecule has 2 aromatic rings. The number of hydrogen-bond donors (Lipinski definition) is 0. The number of ether oxygens (including phenoxy) is 3. The van der Waals surface area contributed by atoms with Gasteiger partial charge in [-0.2, -0.15) is 0 Å². The summed E-state index contributed by atoms with van der Waals surface area (Å²) in [6.07, 6.45) is 3.34. The van der Waals surface area contributed by atoms with Gasteiger partial charge in [0, 0.05) is 0 Å². The number of aryl methyl sites for hydroxylation is 2. The fourth-order valence-corrected chi connectivity index (χ4v) is 2.72. The SMILES string of the molecule is COC(=O)c1ccc(OC(=O)COc2ccc3c(c2)CCC3)cc1. The normalized spacial score (nSPS) is 12.4. The van der Waals surface area contributed by atoms with Crippen LogP contribution < -0.4 is 9.47 Å². The first-order valence-corrected chi connectivity index (χ1v) is 7.79. The third kappa shape index (κ3) is 3.74. The fourth-order valence-electron chi connectivity index (χ4n) is 2.72. The van der Waals surface area contributed by atoms with Crippen LogP contribution in [0.3, 0.4) is 0 Å². The van der Waals surface area contributed by atoms with Crippen molar-refractivity contribution in [3.8, 4) is 11.5 Å². The maximum atomic E-state index is 11.9. The van der Waals surface area contributed by atoms with Crippen molar-refractivity contribution in [2.45, 2.75) is 19.3 Å². The topological polar surface area (TPSA) is 61.8 Å². The lowest BCUT2D eigenvalue weighted by Crippen LogP contribution is -2.17. The van der Waals surface area contributed by atoms with E-state index >= 15 is 0 Å². The largest absolute Gasteiger partial charge is 0.482 e. The number of hydrogen-bond acceptors (Lipinski definition) is 5. The third-order valence-corrected chi connectivity index (χ3v) is 3.93. The van der Waals surface area contributed by atoms with Gasteiger partial charge < -0.3 is 14.2 Å². The number of benzene rings is 2. The van der Waals surface area contributed by atoms with E-state index in [1.807, 2.05) is 12.1 Å². The Hall–Kier alpha value is -2.82. The van der Waals surface area contributed by atoms with E-state index in [-0.39, 0.29) is 6.61 Å². The van der Waals surface area contributed by atoms with Crippen molar-refractivity contribution in [1.29, 1.82) is 0 Å². The fraction of sp³-hybridized carbons (Fsp3) is 0.263. The quantitative estimate of drug-likeness (QED) is 0.624. The Balaban J connectivity index is 1.53. The number of fused-ring (bicyclic) bond motifs is 1. The Morgan fingerprint density at radius 2 is 1.67 bits per heavy atom. The van der Waals surface area contributed by atoms with Gasteiger partial charge in [-0.05, 0) is 66.8 Å². The minimum atomic E-state index is -0.499. The standard InChI is InChI=1S/C19H18O5/c1-22-19(21)14-6-8-16(9-7-14)24-18(20)12-23-17-10-5-13-3-2-4-15(13)11-17/h5-11H,2-4,12H2,1H3. The van der Waals surface area contributed by atoms with E-state index in [4.69, 9.17) is 9.47 Å². The summed E-state index contributed by atoms with van der Waals surface area (Å²) in [5.41, 5.74) is 3.04. The minimum Gasteiger partial charge on any atom is -0.482 e. The zero-order chi connectivity index (χ0) is 16.9. The van der Waals surface area contributed by atoms with Crippen molar-refractivity contribution in [3.63, 3.8) is 0 Å². The number of carbonyl (C=O) groups excluding carboxylic acids is 2. The lowest BCUT2D eigenvalue weighted by atomic mass is 10.1. The maximum absolute atomic E-state index is 11.9. The molecule has 1 aliphatic carbocycles. The molecule has 0 aromatic heterocycles. The molecule has 0 saturated heterocycles. The van der Waals surface area contributed by atoms with Crippen molar-refractivity contribution < 1.29 is 23.8 Å². The molecule has 0 N–H and O–H groups in total. The molecule has 0 saturated carbocycles. The van der Waals surface area contributed by atoms with Gasteiger partial charge >= 0.3 is 11.9 Å². The van der Waals surface area contributed by atoms with E-state index in [0.29, 0.717) is 17.1 Å². The van der Waals surface area contributed by atoms with Crippen molar-refractivity contribution in [3.05, 3.63) is 59.2 Å². The summed E-state index contributed by atoms with van der Waals surface area (Å²) in [7, 11) is 1.31. The average Bonchev–Trinajstić information content (AvgIpc) is 3.07. The second-order valence-electron chi connectivity index (χ2n) is 5.56. The number of carbonyl (C=O) groups is 2. The molecule has 3 rings (SSSR count). The van der Waals surface area contributed by atoms with Crippen LogP contribution in [0, 0.1) is 0 Å². The molecule has 0 fully saturated rings. The zero-order valence-electron chi connectivity index (χ0n) is 13.4. The van der Waals surface area contributed by atoms with Crippen LogP contribution in [0.2, 0.25) is 0 Å². The van der Waals surface area contributed by atoms with E-state index in [2.05, 4.69) is 10.8 Å². The molecule has 24 heavy (non-hydrogen) atoms. The molecule has 0 amide bonds. The minimum absolute atomic E-state index is 0.169. The lowest BCUT2D eigenvalue weighted by Gasteiger charge is -2.08. The molecule has 0 atom stereocenters. The van der Waals surface area contributed by atoms with Crippen LogP contribution in [0.15, 0.2) is 42.5 Å². The van der Waals surface area contributed by atoms with Crippen molar-refractivity contribution in [2.24, 2.45) is 0 Å². The summed E-state index contributed by atoms with van der Waals surface area (Å²) >= 11 is 0. The zero-order valence-corrected chi connectivity index (χ0v) is 13.4. The first-order valence-electron chi connectivity index (χ1n) is 7.79. The van der Waals surface area contributed by atoms with Gasteiger partial charge in [0.15, 0.2) is 6.61 Å².